The number of ether oxygens (including phenoxy) is 2. The molecule has 0 amide bonds. The number of benzene rings is 7. The van der Waals surface area contributed by atoms with E-state index in [1.54, 1.807) is 0 Å². The predicted octanol–water partition coefficient (Wildman–Crippen LogP) is 14.2. The van der Waals surface area contributed by atoms with Crippen molar-refractivity contribution in [2.24, 2.45) is 0 Å². The lowest BCUT2D eigenvalue weighted by Crippen LogP contribution is -2.57. The molecule has 0 fully saturated rings. The highest BCUT2D eigenvalue weighted by Crippen LogP contribution is 2.46. The summed E-state index contributed by atoms with van der Waals surface area (Å²) in [6, 6.07) is 51.8. The lowest BCUT2D eigenvalue weighted by molar-refractivity contribution is 0.463. The van der Waals surface area contributed by atoms with E-state index < -0.39 is 0 Å². The lowest BCUT2D eigenvalue weighted by Gasteiger charge is -2.35. The van der Waals surface area contributed by atoms with Crippen LogP contribution in [0.5, 0.6) is 23.0 Å². The summed E-state index contributed by atoms with van der Waals surface area (Å²) >= 11 is 0. The van der Waals surface area contributed by atoms with Gasteiger partial charge in [-0.1, -0.05) is 162 Å². The average Bonchev–Trinajstić information content (AvgIpc) is 3.57. The highest BCUT2D eigenvalue weighted by atomic mass is 16.5. The van der Waals surface area contributed by atoms with E-state index >= 15 is 0 Å². The maximum absolute atomic E-state index is 7.06. The van der Waals surface area contributed by atoms with Crippen LogP contribution in [0.4, 0.5) is 17.1 Å². The number of fused-ring (bicyclic) bond motifs is 7. The highest BCUT2D eigenvalue weighted by molar-refractivity contribution is 6.98. The van der Waals surface area contributed by atoms with Crippen molar-refractivity contribution in [3.8, 4) is 28.7 Å². The molecule has 0 spiro atoms. The second-order valence-electron chi connectivity index (χ2n) is 22.0. The Kier molecular flexibility index (Phi) is 9.18. The topological polar surface area (TPSA) is 26.6 Å². The zero-order valence-electron chi connectivity index (χ0n) is 39.1. The molecular weight excluding hydrogens is 767 g/mol. The predicted molar refractivity (Wildman–Crippen MR) is 268 cm³/mol. The van der Waals surface area contributed by atoms with Crippen molar-refractivity contribution in [1.29, 1.82) is 0 Å². The smallest absolute Gasteiger partial charge is 0.260 e. The van der Waals surface area contributed by atoms with Gasteiger partial charge in [0, 0.05) is 39.7 Å². The minimum absolute atomic E-state index is 0.0192. The first-order chi connectivity index (χ1) is 29.8. The number of para-hydroxylation sites is 2. The Hall–Kier alpha value is -6.20. The number of nitrogens with zero attached hydrogens (tertiary/aromatic N) is 2. The number of rotatable bonds is 4. The van der Waals surface area contributed by atoms with Crippen molar-refractivity contribution in [2.45, 2.75) is 105 Å². The van der Waals surface area contributed by atoms with E-state index in [1.807, 2.05) is 0 Å². The van der Waals surface area contributed by atoms with Gasteiger partial charge in [-0.25, -0.2) is 0 Å². The first-order valence-corrected chi connectivity index (χ1v) is 22.6. The molecule has 10 rings (SSSR count). The van der Waals surface area contributed by atoms with Crippen molar-refractivity contribution in [3.63, 3.8) is 0 Å². The minimum atomic E-state index is -0.0440. The van der Waals surface area contributed by atoms with E-state index in [4.69, 9.17) is 9.47 Å². The van der Waals surface area contributed by atoms with Crippen LogP contribution in [0.2, 0.25) is 0 Å². The number of aromatic nitrogens is 1. The molecule has 0 bridgehead atoms. The van der Waals surface area contributed by atoms with Crippen molar-refractivity contribution < 1.29 is 9.47 Å². The molecule has 0 radical (unpaired) electrons. The van der Waals surface area contributed by atoms with Crippen LogP contribution >= 0.6 is 0 Å². The first kappa shape index (κ1) is 40.9. The molecule has 316 valence electrons. The summed E-state index contributed by atoms with van der Waals surface area (Å²) in [5.41, 5.74) is 15.1. The zero-order valence-corrected chi connectivity index (χ0v) is 39.1. The molecule has 0 atom stereocenters. The number of anilines is 3. The van der Waals surface area contributed by atoms with E-state index in [2.05, 4.69) is 232 Å². The maximum Gasteiger partial charge on any atom is 0.260 e. The Bertz CT molecular complexity index is 2950. The molecule has 2 aliphatic rings. The largest absolute Gasteiger partial charge is 0.458 e. The first-order valence-electron chi connectivity index (χ1n) is 22.6. The van der Waals surface area contributed by atoms with E-state index in [1.165, 1.54) is 44.0 Å². The van der Waals surface area contributed by atoms with Gasteiger partial charge in [0.1, 0.15) is 23.0 Å². The Balaban J connectivity index is 1.23. The standard InChI is InChI=1S/C58H59BN2O2/c1-55(2,3)36-20-26-40(27-21-36)60(41-28-22-37(23-29-41)56(4,5)6)48-19-15-17-44-43-16-13-14-18-47(43)61(54(44)48)42-34-51-53-52(35-42)63-50-31-25-39(58(10,11)12)33-46(50)59(53)45-32-38(57(7,8)9)24-30-49(45)62-51/h13-35H,1-12H3. The summed E-state index contributed by atoms with van der Waals surface area (Å²) in [4.78, 5) is 2.42. The summed E-state index contributed by atoms with van der Waals surface area (Å²) < 4.78 is 16.5. The maximum atomic E-state index is 7.06. The molecule has 7 aromatic carbocycles. The summed E-state index contributed by atoms with van der Waals surface area (Å²) in [6.07, 6.45) is 0. The molecule has 8 aromatic rings. The van der Waals surface area contributed by atoms with Crippen LogP contribution in [-0.2, 0) is 21.7 Å². The van der Waals surface area contributed by atoms with Gasteiger partial charge >= 0.3 is 0 Å². The van der Waals surface area contributed by atoms with E-state index in [-0.39, 0.29) is 28.4 Å². The molecule has 3 heterocycles. The second-order valence-corrected chi connectivity index (χ2v) is 22.0. The summed E-state index contributed by atoms with van der Waals surface area (Å²) in [5.74, 6) is 3.44. The molecule has 63 heavy (non-hydrogen) atoms. The van der Waals surface area contributed by atoms with Crippen molar-refractivity contribution >= 4 is 62.0 Å². The fraction of sp³-hybridized carbons (Fsp3) is 0.276. The van der Waals surface area contributed by atoms with E-state index in [0.717, 1.165) is 62.2 Å². The van der Waals surface area contributed by atoms with E-state index in [9.17, 15) is 0 Å². The molecule has 0 aliphatic carbocycles. The van der Waals surface area contributed by atoms with Crippen molar-refractivity contribution in [3.05, 3.63) is 162 Å². The van der Waals surface area contributed by atoms with Crippen molar-refractivity contribution in [2.75, 3.05) is 4.90 Å². The number of hydrogen-bond acceptors (Lipinski definition) is 3. The molecule has 0 unspecified atom stereocenters. The summed E-state index contributed by atoms with van der Waals surface area (Å²) in [6.45, 7) is 27.3. The van der Waals surface area contributed by atoms with Gasteiger partial charge in [-0.2, -0.15) is 0 Å². The Morgan fingerprint density at radius 3 is 1.35 bits per heavy atom. The minimum Gasteiger partial charge on any atom is -0.458 e. The van der Waals surface area contributed by atoms with Gasteiger partial charge in [0.25, 0.3) is 6.71 Å². The van der Waals surface area contributed by atoms with Gasteiger partial charge in [0.05, 0.1) is 22.4 Å². The average molecular weight is 827 g/mol. The third-order valence-corrected chi connectivity index (χ3v) is 13.3. The van der Waals surface area contributed by atoms with Crippen LogP contribution in [0.25, 0.3) is 27.5 Å². The van der Waals surface area contributed by atoms with Crippen LogP contribution in [0.15, 0.2) is 140 Å². The molecule has 2 aliphatic heterocycles. The molecule has 4 nitrogen and oxygen atoms in total. The molecule has 0 saturated heterocycles. The van der Waals surface area contributed by atoms with Crippen LogP contribution in [0.1, 0.15) is 105 Å². The Morgan fingerprint density at radius 2 is 0.873 bits per heavy atom. The van der Waals surface area contributed by atoms with Gasteiger partial charge < -0.3 is 18.9 Å². The van der Waals surface area contributed by atoms with Gasteiger partial charge in [0.15, 0.2) is 0 Å². The number of hydrogen-bond donors (Lipinski definition) is 0. The molecular formula is C58H59BN2O2. The summed E-state index contributed by atoms with van der Waals surface area (Å²) in [7, 11) is 0. The van der Waals surface area contributed by atoms with Gasteiger partial charge in [0.2, 0.25) is 0 Å². The Morgan fingerprint density at radius 1 is 0.429 bits per heavy atom. The molecule has 0 saturated carbocycles. The zero-order chi connectivity index (χ0) is 44.4. The van der Waals surface area contributed by atoms with Crippen molar-refractivity contribution in [1.82, 2.24) is 4.57 Å². The van der Waals surface area contributed by atoms with Gasteiger partial charge in [-0.3, -0.25) is 0 Å². The Labute approximate surface area is 374 Å². The van der Waals surface area contributed by atoms with Crippen LogP contribution in [-0.4, -0.2) is 11.3 Å². The van der Waals surface area contributed by atoms with Gasteiger partial charge in [-0.15, -0.1) is 0 Å². The van der Waals surface area contributed by atoms with Crippen LogP contribution in [0, 0.1) is 0 Å². The summed E-state index contributed by atoms with van der Waals surface area (Å²) in [5, 5.41) is 2.36. The third kappa shape index (κ3) is 6.92. The quantitative estimate of drug-likeness (QED) is 0.165. The normalized spacial score (nSPS) is 13.6. The molecule has 0 N–H and O–H groups in total. The fourth-order valence-corrected chi connectivity index (χ4v) is 9.65. The van der Waals surface area contributed by atoms with Crippen LogP contribution < -0.4 is 30.8 Å². The second kappa shape index (κ2) is 14.2. The molecule has 1 aromatic heterocycles. The lowest BCUT2D eigenvalue weighted by atomic mass is 9.34. The van der Waals surface area contributed by atoms with Crippen LogP contribution in [0.3, 0.4) is 0 Å². The highest BCUT2D eigenvalue weighted by Gasteiger charge is 2.42. The van der Waals surface area contributed by atoms with Gasteiger partial charge in [-0.05, 0) is 103 Å². The SMILES string of the molecule is CC(C)(C)c1ccc(N(c2ccc(C(C)(C)C)cc2)c2cccc3c4ccccc4n(-c4cc5c6c(c4)Oc4ccc(C(C)(C)C)cc4B6c4cc(C(C)(C)C)ccc4O5)c23)cc1. The fourth-order valence-electron chi connectivity index (χ4n) is 9.65. The van der Waals surface area contributed by atoms with E-state index in [0.29, 0.717) is 0 Å². The monoisotopic (exact) mass is 826 g/mol. The third-order valence-electron chi connectivity index (χ3n) is 13.3. The molecule has 5 heteroatoms.